The van der Waals surface area contributed by atoms with E-state index in [0.717, 1.165) is 11.4 Å². The average molecular weight is 175 g/mol. The minimum absolute atomic E-state index is 0.470. The van der Waals surface area contributed by atoms with Gasteiger partial charge in [-0.2, -0.15) is 0 Å². The van der Waals surface area contributed by atoms with Gasteiger partial charge in [0.05, 0.1) is 0 Å². The molecule has 1 aromatic rings. The standard InChI is InChI=1S/C12H17N/c1-5-6-9(2)12-8-7-10(3)13-11(12)4/h5-9H,1-4H3/b6-5-. The molecule has 1 atom stereocenters. The van der Waals surface area contributed by atoms with Gasteiger partial charge in [-0.15, -0.1) is 0 Å². The van der Waals surface area contributed by atoms with E-state index in [4.69, 9.17) is 0 Å². The van der Waals surface area contributed by atoms with E-state index in [-0.39, 0.29) is 0 Å². The van der Waals surface area contributed by atoms with Gasteiger partial charge in [0.25, 0.3) is 0 Å². The maximum absolute atomic E-state index is 4.44. The molecule has 1 unspecified atom stereocenters. The van der Waals surface area contributed by atoms with Gasteiger partial charge in [-0.25, -0.2) is 0 Å². The number of hydrogen-bond acceptors (Lipinski definition) is 1. The van der Waals surface area contributed by atoms with Gasteiger partial charge in [-0.3, -0.25) is 4.98 Å². The zero-order chi connectivity index (χ0) is 9.84. The van der Waals surface area contributed by atoms with Crippen LogP contribution in [0.4, 0.5) is 0 Å². The van der Waals surface area contributed by atoms with E-state index < -0.39 is 0 Å². The molecule has 1 nitrogen and oxygen atoms in total. The van der Waals surface area contributed by atoms with Crippen LogP contribution in [0, 0.1) is 13.8 Å². The second kappa shape index (κ2) is 4.22. The summed E-state index contributed by atoms with van der Waals surface area (Å²) in [5.41, 5.74) is 3.56. The molecule has 70 valence electrons. The topological polar surface area (TPSA) is 12.9 Å². The van der Waals surface area contributed by atoms with Gasteiger partial charge in [0, 0.05) is 17.3 Å². The Bertz CT molecular complexity index is 313. The molecule has 0 aromatic carbocycles. The van der Waals surface area contributed by atoms with E-state index >= 15 is 0 Å². The highest BCUT2D eigenvalue weighted by Crippen LogP contribution is 2.19. The predicted molar refractivity (Wildman–Crippen MR) is 56.9 cm³/mol. The van der Waals surface area contributed by atoms with Crippen LogP contribution in [0.15, 0.2) is 24.3 Å². The highest BCUT2D eigenvalue weighted by molar-refractivity contribution is 5.28. The number of allylic oxidation sites excluding steroid dienone is 2. The Morgan fingerprint density at radius 3 is 2.54 bits per heavy atom. The third-order valence-corrected chi connectivity index (χ3v) is 2.24. The van der Waals surface area contributed by atoms with Gasteiger partial charge in [0.1, 0.15) is 0 Å². The molecule has 1 rings (SSSR count). The second-order valence-corrected chi connectivity index (χ2v) is 3.44. The molecule has 0 amide bonds. The number of aryl methyl sites for hydroxylation is 2. The highest BCUT2D eigenvalue weighted by atomic mass is 14.7. The molecule has 1 heterocycles. The van der Waals surface area contributed by atoms with Crippen molar-refractivity contribution < 1.29 is 0 Å². The average Bonchev–Trinajstić information content (AvgIpc) is 2.04. The maximum atomic E-state index is 4.44. The molecular formula is C12H17N. The first-order chi connectivity index (χ1) is 6.15. The third-order valence-electron chi connectivity index (χ3n) is 2.24. The number of aromatic nitrogens is 1. The summed E-state index contributed by atoms with van der Waals surface area (Å²) in [5.74, 6) is 0.470. The summed E-state index contributed by atoms with van der Waals surface area (Å²) in [7, 11) is 0. The minimum Gasteiger partial charge on any atom is -0.258 e. The summed E-state index contributed by atoms with van der Waals surface area (Å²) in [6.45, 7) is 8.34. The molecular weight excluding hydrogens is 158 g/mol. The molecule has 0 N–H and O–H groups in total. The fourth-order valence-corrected chi connectivity index (χ4v) is 1.57. The van der Waals surface area contributed by atoms with Crippen molar-refractivity contribution in [2.24, 2.45) is 0 Å². The van der Waals surface area contributed by atoms with Gasteiger partial charge in [0.2, 0.25) is 0 Å². The summed E-state index contributed by atoms with van der Waals surface area (Å²) in [6, 6.07) is 4.24. The lowest BCUT2D eigenvalue weighted by molar-refractivity contribution is 0.918. The van der Waals surface area contributed by atoms with Gasteiger partial charge >= 0.3 is 0 Å². The van der Waals surface area contributed by atoms with E-state index in [0.29, 0.717) is 5.92 Å². The van der Waals surface area contributed by atoms with Crippen LogP contribution in [0.5, 0.6) is 0 Å². The third kappa shape index (κ3) is 2.41. The van der Waals surface area contributed by atoms with Crippen molar-refractivity contribution in [3.05, 3.63) is 41.2 Å². The van der Waals surface area contributed by atoms with Crippen molar-refractivity contribution in [1.82, 2.24) is 4.98 Å². The van der Waals surface area contributed by atoms with Crippen LogP contribution in [0.2, 0.25) is 0 Å². The minimum atomic E-state index is 0.470. The van der Waals surface area contributed by atoms with Crippen molar-refractivity contribution in [3.63, 3.8) is 0 Å². The van der Waals surface area contributed by atoms with Gasteiger partial charge in [-0.1, -0.05) is 25.1 Å². The van der Waals surface area contributed by atoms with Gasteiger partial charge < -0.3 is 0 Å². The Morgan fingerprint density at radius 2 is 2.00 bits per heavy atom. The lowest BCUT2D eigenvalue weighted by Gasteiger charge is -2.09. The van der Waals surface area contributed by atoms with E-state index in [1.807, 2.05) is 13.8 Å². The number of pyridine rings is 1. The van der Waals surface area contributed by atoms with Crippen molar-refractivity contribution >= 4 is 0 Å². The lowest BCUT2D eigenvalue weighted by Crippen LogP contribution is -1.97. The molecule has 13 heavy (non-hydrogen) atoms. The largest absolute Gasteiger partial charge is 0.258 e. The molecule has 0 aliphatic heterocycles. The normalized spacial score (nSPS) is 13.5. The first kappa shape index (κ1) is 9.97. The van der Waals surface area contributed by atoms with E-state index in [1.54, 1.807) is 0 Å². The number of rotatable bonds is 2. The molecule has 0 bridgehead atoms. The fourth-order valence-electron chi connectivity index (χ4n) is 1.57. The molecule has 0 aliphatic carbocycles. The monoisotopic (exact) mass is 175 g/mol. The summed E-state index contributed by atoms with van der Waals surface area (Å²) in [4.78, 5) is 4.44. The first-order valence-corrected chi connectivity index (χ1v) is 4.72. The van der Waals surface area contributed by atoms with E-state index in [2.05, 4.69) is 43.1 Å². The van der Waals surface area contributed by atoms with E-state index in [1.165, 1.54) is 5.56 Å². The zero-order valence-corrected chi connectivity index (χ0v) is 8.83. The summed E-state index contributed by atoms with van der Waals surface area (Å²) in [6.07, 6.45) is 4.28. The Balaban J connectivity index is 3.01. The van der Waals surface area contributed by atoms with Gasteiger partial charge in [-0.05, 0) is 32.4 Å². The Hall–Kier alpha value is -1.11. The smallest absolute Gasteiger partial charge is 0.0413 e. The maximum Gasteiger partial charge on any atom is 0.0413 e. The fraction of sp³-hybridized carbons (Fsp3) is 0.417. The van der Waals surface area contributed by atoms with Crippen molar-refractivity contribution in [2.45, 2.75) is 33.6 Å². The van der Waals surface area contributed by atoms with Crippen LogP contribution in [0.25, 0.3) is 0 Å². The molecule has 0 aliphatic rings. The number of hydrogen-bond donors (Lipinski definition) is 0. The SMILES string of the molecule is C/C=C\C(C)c1ccc(C)nc1C. The van der Waals surface area contributed by atoms with Crippen LogP contribution in [-0.4, -0.2) is 4.98 Å². The first-order valence-electron chi connectivity index (χ1n) is 4.72. The lowest BCUT2D eigenvalue weighted by atomic mass is 9.99. The van der Waals surface area contributed by atoms with Crippen LogP contribution in [-0.2, 0) is 0 Å². The number of nitrogens with zero attached hydrogens (tertiary/aromatic N) is 1. The van der Waals surface area contributed by atoms with Crippen LogP contribution in [0.1, 0.15) is 36.7 Å². The summed E-state index contributed by atoms with van der Waals surface area (Å²) < 4.78 is 0. The molecule has 0 radical (unpaired) electrons. The van der Waals surface area contributed by atoms with Crippen LogP contribution in [0.3, 0.4) is 0 Å². The quantitative estimate of drug-likeness (QED) is 0.628. The molecule has 1 aromatic heterocycles. The van der Waals surface area contributed by atoms with Crippen molar-refractivity contribution in [1.29, 1.82) is 0 Å². The second-order valence-electron chi connectivity index (χ2n) is 3.44. The predicted octanol–water partition coefficient (Wildman–Crippen LogP) is 3.38. The van der Waals surface area contributed by atoms with E-state index in [9.17, 15) is 0 Å². The van der Waals surface area contributed by atoms with Gasteiger partial charge in [0.15, 0.2) is 0 Å². The van der Waals surface area contributed by atoms with Crippen molar-refractivity contribution in [3.8, 4) is 0 Å². The highest BCUT2D eigenvalue weighted by Gasteiger charge is 2.05. The summed E-state index contributed by atoms with van der Waals surface area (Å²) in [5, 5.41) is 0. The summed E-state index contributed by atoms with van der Waals surface area (Å²) >= 11 is 0. The Labute approximate surface area is 80.5 Å². The van der Waals surface area contributed by atoms with Crippen LogP contribution < -0.4 is 0 Å². The van der Waals surface area contributed by atoms with Crippen molar-refractivity contribution in [2.75, 3.05) is 0 Å². The van der Waals surface area contributed by atoms with Crippen LogP contribution >= 0.6 is 0 Å². The molecule has 1 heteroatoms. The zero-order valence-electron chi connectivity index (χ0n) is 8.83. The Kier molecular flexibility index (Phi) is 3.24. The Morgan fingerprint density at radius 1 is 1.31 bits per heavy atom. The molecule has 0 saturated carbocycles. The molecule has 0 saturated heterocycles. The molecule has 0 fully saturated rings. The molecule has 0 spiro atoms.